The Balaban J connectivity index is 2.63. The summed E-state index contributed by atoms with van der Waals surface area (Å²) >= 11 is 0. The zero-order valence-corrected chi connectivity index (χ0v) is 8.69. The molecule has 1 aromatic heterocycles. The Morgan fingerprint density at radius 3 is 2.41 bits per heavy atom. The molecule has 6 heteroatoms. The number of aromatic hydroxyl groups is 1. The van der Waals surface area contributed by atoms with Crippen LogP contribution in [0, 0.1) is 0 Å². The quantitative estimate of drug-likeness (QED) is 0.632. The van der Waals surface area contributed by atoms with Crippen molar-refractivity contribution in [3.05, 3.63) is 52.4 Å². The van der Waals surface area contributed by atoms with Crippen molar-refractivity contribution in [2.24, 2.45) is 0 Å². The highest BCUT2D eigenvalue weighted by molar-refractivity contribution is 5.33. The van der Waals surface area contributed by atoms with Crippen molar-refractivity contribution in [1.29, 1.82) is 0 Å². The lowest BCUT2D eigenvalue weighted by atomic mass is 10.3. The number of rotatable bonds is 2. The van der Waals surface area contributed by atoms with Gasteiger partial charge in [0.05, 0.1) is 5.69 Å². The fourth-order valence-corrected chi connectivity index (χ4v) is 1.40. The highest BCUT2D eigenvalue weighted by atomic mass is 16.5. The van der Waals surface area contributed by atoms with Crippen molar-refractivity contribution >= 4 is 0 Å². The summed E-state index contributed by atoms with van der Waals surface area (Å²) in [7, 11) is 0. The molecule has 0 spiro atoms. The molecule has 1 aromatic carbocycles. The molecule has 0 fully saturated rings. The van der Waals surface area contributed by atoms with Crippen molar-refractivity contribution in [2.45, 2.75) is 6.29 Å². The number of nitrogens with zero attached hydrogens (tertiary/aromatic N) is 2. The molecule has 0 aliphatic carbocycles. The fraction of sp³-hybridized carbons (Fsp3) is 0.0909. The van der Waals surface area contributed by atoms with Crippen LogP contribution in [0.3, 0.4) is 0 Å². The monoisotopic (exact) mass is 234 g/mol. The highest BCUT2D eigenvalue weighted by Gasteiger charge is 2.14. The largest absolute Gasteiger partial charge is 0.506 e. The van der Waals surface area contributed by atoms with Crippen LogP contribution in [0.4, 0.5) is 0 Å². The molecule has 88 valence electrons. The summed E-state index contributed by atoms with van der Waals surface area (Å²) in [5.41, 5.74) is -0.453. The molecule has 0 aliphatic rings. The number of aliphatic hydroxyl groups excluding tert-OH is 1. The second kappa shape index (κ2) is 4.36. The maximum atomic E-state index is 11.6. The SMILES string of the molecule is O=c1cc(O)c(C(O)O)nn1-c1ccccc1. The number of aliphatic hydroxyl groups is 2. The van der Waals surface area contributed by atoms with Gasteiger partial charge in [-0.25, -0.2) is 0 Å². The Kier molecular flexibility index (Phi) is 2.90. The maximum absolute atomic E-state index is 11.6. The van der Waals surface area contributed by atoms with Gasteiger partial charge in [0.25, 0.3) is 5.56 Å². The molecule has 0 saturated heterocycles. The number of para-hydroxylation sites is 1. The van der Waals surface area contributed by atoms with Gasteiger partial charge in [0.15, 0.2) is 5.69 Å². The molecule has 6 nitrogen and oxygen atoms in total. The summed E-state index contributed by atoms with van der Waals surface area (Å²) in [6.45, 7) is 0. The van der Waals surface area contributed by atoms with E-state index < -0.39 is 17.6 Å². The molecule has 1 heterocycles. The Bertz CT molecular complexity index is 578. The third-order valence-electron chi connectivity index (χ3n) is 2.18. The van der Waals surface area contributed by atoms with Gasteiger partial charge in [-0.3, -0.25) is 4.79 Å². The van der Waals surface area contributed by atoms with Crippen molar-refractivity contribution in [2.75, 3.05) is 0 Å². The number of aromatic nitrogens is 2. The minimum atomic E-state index is -1.94. The van der Waals surface area contributed by atoms with Crippen LogP contribution < -0.4 is 5.56 Å². The summed E-state index contributed by atoms with van der Waals surface area (Å²) in [4.78, 5) is 11.6. The van der Waals surface area contributed by atoms with Gasteiger partial charge >= 0.3 is 0 Å². The second-order valence-electron chi connectivity index (χ2n) is 3.37. The van der Waals surface area contributed by atoms with Gasteiger partial charge in [-0.2, -0.15) is 9.78 Å². The number of hydrogen-bond acceptors (Lipinski definition) is 5. The first kappa shape index (κ1) is 11.3. The summed E-state index contributed by atoms with van der Waals surface area (Å²) < 4.78 is 0.981. The molecule has 17 heavy (non-hydrogen) atoms. The lowest BCUT2D eigenvalue weighted by Crippen LogP contribution is -2.22. The molecule has 0 amide bonds. The Hall–Kier alpha value is -2.18. The van der Waals surface area contributed by atoms with E-state index in [1.54, 1.807) is 30.3 Å². The normalized spacial score (nSPS) is 10.8. The van der Waals surface area contributed by atoms with Crippen LogP contribution in [0.1, 0.15) is 12.0 Å². The van der Waals surface area contributed by atoms with E-state index in [2.05, 4.69) is 5.10 Å². The molecule has 3 N–H and O–H groups in total. The molecule has 0 unspecified atom stereocenters. The van der Waals surface area contributed by atoms with Gasteiger partial charge in [0.2, 0.25) is 6.29 Å². The Labute approximate surface area is 96.0 Å². The van der Waals surface area contributed by atoms with Gasteiger partial charge in [0.1, 0.15) is 5.75 Å². The molecular formula is C11H10N2O4. The van der Waals surface area contributed by atoms with E-state index in [1.165, 1.54) is 0 Å². The van der Waals surface area contributed by atoms with Gasteiger partial charge in [-0.1, -0.05) is 18.2 Å². The number of benzene rings is 1. The van der Waals surface area contributed by atoms with Crippen LogP contribution in [0.15, 0.2) is 41.2 Å². The molecular weight excluding hydrogens is 224 g/mol. The molecule has 2 rings (SSSR count). The van der Waals surface area contributed by atoms with Crippen LogP contribution >= 0.6 is 0 Å². The molecule has 0 saturated carbocycles. The summed E-state index contributed by atoms with van der Waals surface area (Å²) in [6, 6.07) is 9.36. The second-order valence-corrected chi connectivity index (χ2v) is 3.37. The lowest BCUT2D eigenvalue weighted by Gasteiger charge is -2.09. The van der Waals surface area contributed by atoms with Crippen LogP contribution in [0.5, 0.6) is 5.75 Å². The van der Waals surface area contributed by atoms with E-state index in [9.17, 15) is 9.90 Å². The van der Waals surface area contributed by atoms with Gasteiger partial charge < -0.3 is 15.3 Å². The first-order valence-electron chi connectivity index (χ1n) is 4.84. The van der Waals surface area contributed by atoms with Crippen molar-refractivity contribution in [3.63, 3.8) is 0 Å². The Morgan fingerprint density at radius 1 is 1.18 bits per heavy atom. The number of hydrogen-bond donors (Lipinski definition) is 3. The third-order valence-corrected chi connectivity index (χ3v) is 2.18. The zero-order valence-electron chi connectivity index (χ0n) is 8.69. The van der Waals surface area contributed by atoms with Crippen LogP contribution in [0.25, 0.3) is 5.69 Å². The van der Waals surface area contributed by atoms with Crippen LogP contribution in [-0.2, 0) is 0 Å². The fourth-order valence-electron chi connectivity index (χ4n) is 1.40. The van der Waals surface area contributed by atoms with E-state index >= 15 is 0 Å². The van der Waals surface area contributed by atoms with Crippen molar-refractivity contribution in [3.8, 4) is 11.4 Å². The zero-order chi connectivity index (χ0) is 12.4. The average molecular weight is 234 g/mol. The molecule has 0 bridgehead atoms. The van der Waals surface area contributed by atoms with E-state index in [4.69, 9.17) is 10.2 Å². The van der Waals surface area contributed by atoms with Crippen LogP contribution in [0.2, 0.25) is 0 Å². The van der Waals surface area contributed by atoms with Crippen molar-refractivity contribution < 1.29 is 15.3 Å². The topological polar surface area (TPSA) is 95.6 Å². The van der Waals surface area contributed by atoms with Crippen molar-refractivity contribution in [1.82, 2.24) is 9.78 Å². The van der Waals surface area contributed by atoms with E-state index in [1.807, 2.05) is 0 Å². The van der Waals surface area contributed by atoms with E-state index in [-0.39, 0.29) is 5.69 Å². The Morgan fingerprint density at radius 2 is 1.82 bits per heavy atom. The maximum Gasteiger partial charge on any atom is 0.275 e. The summed E-state index contributed by atoms with van der Waals surface area (Å²) in [6.07, 6.45) is -1.94. The minimum Gasteiger partial charge on any atom is -0.506 e. The van der Waals surface area contributed by atoms with Crippen LogP contribution in [-0.4, -0.2) is 25.1 Å². The highest BCUT2D eigenvalue weighted by Crippen LogP contribution is 2.17. The van der Waals surface area contributed by atoms with E-state index in [0.717, 1.165) is 10.7 Å². The summed E-state index contributed by atoms with van der Waals surface area (Å²) in [5.74, 6) is -0.544. The predicted octanol–water partition coefficient (Wildman–Crippen LogP) is -0.0787. The minimum absolute atomic E-state index is 0.367. The van der Waals surface area contributed by atoms with E-state index in [0.29, 0.717) is 5.69 Å². The third kappa shape index (κ3) is 2.17. The molecule has 0 radical (unpaired) electrons. The summed E-state index contributed by atoms with van der Waals surface area (Å²) in [5, 5.41) is 31.0. The first-order valence-corrected chi connectivity index (χ1v) is 4.84. The van der Waals surface area contributed by atoms with Gasteiger partial charge in [-0.05, 0) is 12.1 Å². The molecule has 0 atom stereocenters. The smallest absolute Gasteiger partial charge is 0.275 e. The average Bonchev–Trinajstić information content (AvgIpc) is 2.29. The van der Waals surface area contributed by atoms with Gasteiger partial charge in [-0.15, -0.1) is 0 Å². The molecule has 2 aromatic rings. The lowest BCUT2D eigenvalue weighted by molar-refractivity contribution is -0.0483. The predicted molar refractivity (Wildman–Crippen MR) is 58.7 cm³/mol. The standard InChI is InChI=1S/C11H10N2O4/c14-8-6-9(15)13(12-10(8)11(16)17)7-4-2-1-3-5-7/h1-6,11,14,16-17H. The first-order chi connectivity index (χ1) is 8.09. The molecule has 0 aliphatic heterocycles. The van der Waals surface area contributed by atoms with Gasteiger partial charge in [0, 0.05) is 6.07 Å².